The van der Waals surface area contributed by atoms with Gasteiger partial charge in [0.2, 0.25) is 5.13 Å². The Balaban J connectivity index is 1.60. The highest BCUT2D eigenvalue weighted by Gasteiger charge is 2.26. The molecule has 0 spiro atoms. The molecule has 3 aromatic heterocycles. The molecule has 1 unspecified atom stereocenters. The van der Waals surface area contributed by atoms with Crippen LogP contribution in [0.5, 0.6) is 0 Å². The van der Waals surface area contributed by atoms with Crippen molar-refractivity contribution in [1.82, 2.24) is 15.2 Å². The van der Waals surface area contributed by atoms with E-state index < -0.39 is 5.60 Å². The van der Waals surface area contributed by atoms with Gasteiger partial charge in [-0.1, -0.05) is 11.3 Å². The van der Waals surface area contributed by atoms with Crippen LogP contribution >= 0.6 is 11.3 Å². The molecular weight excluding hydrogens is 342 g/mol. The quantitative estimate of drug-likeness (QED) is 0.619. The molecule has 1 atom stereocenters. The van der Waals surface area contributed by atoms with E-state index in [-0.39, 0.29) is 12.5 Å². The summed E-state index contributed by atoms with van der Waals surface area (Å²) >= 11 is 1.24. The zero-order valence-corrected chi connectivity index (χ0v) is 14.5. The maximum atomic E-state index is 12.0. The van der Waals surface area contributed by atoms with Crippen LogP contribution in [0.2, 0.25) is 0 Å². The van der Waals surface area contributed by atoms with Crippen molar-refractivity contribution in [2.24, 2.45) is 0 Å². The molecule has 1 amide bonds. The monoisotopic (exact) mass is 359 g/mol. The van der Waals surface area contributed by atoms with E-state index in [2.05, 4.69) is 25.8 Å². The van der Waals surface area contributed by atoms with E-state index in [4.69, 9.17) is 4.42 Å². The van der Waals surface area contributed by atoms with Crippen LogP contribution in [0.1, 0.15) is 28.8 Å². The molecule has 0 saturated heterocycles. The summed E-state index contributed by atoms with van der Waals surface area (Å²) in [7, 11) is 0. The van der Waals surface area contributed by atoms with Gasteiger partial charge in [0.25, 0.3) is 5.91 Å². The maximum Gasteiger partial charge on any atom is 0.259 e. The Labute approximate surface area is 147 Å². The normalized spacial score (nSPS) is 13.2. The fraction of sp³-hybridized carbons (Fsp3) is 0.250. The number of hydrogen-bond acceptors (Lipinski definition) is 8. The van der Waals surface area contributed by atoms with E-state index in [1.54, 1.807) is 31.2 Å². The Kier molecular flexibility index (Phi) is 4.77. The standard InChI is InChI=1S/C16H17N5O3S/c1-10-3-5-12(24-10)16(2,23)8-18-13-6-4-11(7-17-13)14(22)20-15-21-19-9-25-15/h3-7,9,23H,8H2,1-2H3,(H,17,18)(H,20,21,22). The van der Waals surface area contributed by atoms with Gasteiger partial charge in [-0.05, 0) is 38.1 Å². The molecule has 3 N–H and O–H groups in total. The van der Waals surface area contributed by atoms with Gasteiger partial charge < -0.3 is 14.8 Å². The van der Waals surface area contributed by atoms with Crippen LogP contribution in [0.3, 0.4) is 0 Å². The lowest BCUT2D eigenvalue weighted by atomic mass is 10.0. The number of hydrogen-bond donors (Lipinski definition) is 3. The lowest BCUT2D eigenvalue weighted by Crippen LogP contribution is -2.30. The van der Waals surface area contributed by atoms with Gasteiger partial charge in [-0.15, -0.1) is 10.2 Å². The molecule has 0 radical (unpaired) electrons. The summed E-state index contributed by atoms with van der Waals surface area (Å²) in [6.45, 7) is 3.69. The van der Waals surface area contributed by atoms with E-state index in [1.807, 2.05) is 6.92 Å². The number of nitrogens with one attached hydrogen (secondary N) is 2. The summed E-state index contributed by atoms with van der Waals surface area (Å²) in [6.07, 6.45) is 1.45. The molecule has 0 aliphatic carbocycles. The fourth-order valence-electron chi connectivity index (χ4n) is 2.10. The van der Waals surface area contributed by atoms with Crippen LogP contribution in [0.25, 0.3) is 0 Å². The van der Waals surface area contributed by atoms with Gasteiger partial charge in [-0.25, -0.2) is 4.98 Å². The zero-order chi connectivity index (χ0) is 17.9. The van der Waals surface area contributed by atoms with E-state index in [0.717, 1.165) is 5.76 Å². The Morgan fingerprint density at radius 3 is 2.80 bits per heavy atom. The number of anilines is 2. The van der Waals surface area contributed by atoms with Gasteiger partial charge in [-0.3, -0.25) is 10.1 Å². The van der Waals surface area contributed by atoms with Crippen molar-refractivity contribution in [1.29, 1.82) is 0 Å². The smallest absolute Gasteiger partial charge is 0.259 e. The SMILES string of the molecule is Cc1ccc(C(C)(O)CNc2ccc(C(=O)Nc3nncs3)cn2)o1. The molecule has 8 nitrogen and oxygen atoms in total. The van der Waals surface area contributed by atoms with Crippen LogP contribution in [-0.4, -0.2) is 32.7 Å². The van der Waals surface area contributed by atoms with Crippen molar-refractivity contribution < 1.29 is 14.3 Å². The Bertz CT molecular complexity index is 843. The van der Waals surface area contributed by atoms with Crippen LogP contribution in [-0.2, 0) is 5.60 Å². The number of rotatable bonds is 6. The molecule has 3 rings (SSSR count). The summed E-state index contributed by atoms with van der Waals surface area (Å²) in [4.78, 5) is 16.2. The third-order valence-corrected chi connectivity index (χ3v) is 4.10. The second-order valence-electron chi connectivity index (χ2n) is 5.67. The van der Waals surface area contributed by atoms with Crippen molar-refractivity contribution in [3.63, 3.8) is 0 Å². The molecule has 0 fully saturated rings. The molecule has 0 aliphatic rings. The highest BCUT2D eigenvalue weighted by atomic mass is 32.1. The third-order valence-electron chi connectivity index (χ3n) is 3.49. The number of aliphatic hydroxyl groups is 1. The minimum Gasteiger partial charge on any atom is -0.463 e. The average molecular weight is 359 g/mol. The van der Waals surface area contributed by atoms with Gasteiger partial charge in [0, 0.05) is 6.20 Å². The van der Waals surface area contributed by atoms with Crippen LogP contribution in [0.15, 0.2) is 40.4 Å². The fourth-order valence-corrected chi connectivity index (χ4v) is 2.54. The van der Waals surface area contributed by atoms with Gasteiger partial charge in [0.1, 0.15) is 28.4 Å². The van der Waals surface area contributed by atoms with Gasteiger partial charge in [-0.2, -0.15) is 0 Å². The third kappa shape index (κ3) is 4.20. The Hall–Kier alpha value is -2.78. The Morgan fingerprint density at radius 2 is 2.20 bits per heavy atom. The molecule has 3 heterocycles. The van der Waals surface area contributed by atoms with Crippen molar-refractivity contribution in [3.05, 3.63) is 53.1 Å². The van der Waals surface area contributed by atoms with Crippen molar-refractivity contribution in [3.8, 4) is 0 Å². The van der Waals surface area contributed by atoms with Crippen molar-refractivity contribution in [2.75, 3.05) is 17.2 Å². The topological polar surface area (TPSA) is 113 Å². The minimum absolute atomic E-state index is 0.212. The molecule has 0 bridgehead atoms. The number of aryl methyl sites for hydroxylation is 1. The van der Waals surface area contributed by atoms with Crippen molar-refractivity contribution >= 4 is 28.2 Å². The molecular formula is C16H17N5O3S. The molecule has 130 valence electrons. The summed E-state index contributed by atoms with van der Waals surface area (Å²) < 4.78 is 5.46. The maximum absolute atomic E-state index is 12.0. The number of carbonyl (C=O) groups is 1. The Morgan fingerprint density at radius 1 is 1.36 bits per heavy atom. The summed E-state index contributed by atoms with van der Waals surface area (Å²) in [5, 5.41) is 24.0. The highest BCUT2D eigenvalue weighted by molar-refractivity contribution is 7.13. The number of pyridine rings is 1. The van der Waals surface area contributed by atoms with E-state index in [0.29, 0.717) is 22.3 Å². The molecule has 9 heteroatoms. The first-order valence-corrected chi connectivity index (χ1v) is 8.39. The number of furan rings is 1. The first-order valence-electron chi connectivity index (χ1n) is 7.51. The second-order valence-corrected chi connectivity index (χ2v) is 6.50. The first kappa shape index (κ1) is 17.1. The lowest BCUT2D eigenvalue weighted by molar-refractivity contribution is 0.0467. The van der Waals surface area contributed by atoms with Crippen molar-refractivity contribution in [2.45, 2.75) is 19.4 Å². The minimum atomic E-state index is -1.18. The van der Waals surface area contributed by atoms with E-state index in [9.17, 15) is 9.90 Å². The predicted molar refractivity (Wildman–Crippen MR) is 93.6 cm³/mol. The summed E-state index contributed by atoms with van der Waals surface area (Å²) in [5.74, 6) is 1.44. The highest BCUT2D eigenvalue weighted by Crippen LogP contribution is 2.23. The predicted octanol–water partition coefficient (Wildman–Crippen LogP) is 2.41. The summed E-state index contributed by atoms with van der Waals surface area (Å²) in [6, 6.07) is 6.84. The number of amides is 1. The van der Waals surface area contributed by atoms with Crippen LogP contribution < -0.4 is 10.6 Å². The summed E-state index contributed by atoms with van der Waals surface area (Å²) in [5.41, 5.74) is 0.756. The average Bonchev–Trinajstić information content (AvgIpc) is 3.25. The van der Waals surface area contributed by atoms with E-state index in [1.165, 1.54) is 23.0 Å². The molecule has 25 heavy (non-hydrogen) atoms. The van der Waals surface area contributed by atoms with Gasteiger partial charge in [0.05, 0.1) is 12.1 Å². The molecule has 0 saturated carbocycles. The molecule has 0 aromatic carbocycles. The lowest BCUT2D eigenvalue weighted by Gasteiger charge is -2.21. The van der Waals surface area contributed by atoms with Crippen LogP contribution in [0, 0.1) is 6.92 Å². The molecule has 3 aromatic rings. The van der Waals surface area contributed by atoms with Gasteiger partial charge >= 0.3 is 0 Å². The first-order chi connectivity index (χ1) is 11.9. The number of nitrogens with zero attached hydrogens (tertiary/aromatic N) is 3. The molecule has 0 aliphatic heterocycles. The largest absolute Gasteiger partial charge is 0.463 e. The number of aromatic nitrogens is 3. The van der Waals surface area contributed by atoms with Crippen LogP contribution in [0.4, 0.5) is 10.9 Å². The van der Waals surface area contributed by atoms with E-state index >= 15 is 0 Å². The zero-order valence-electron chi connectivity index (χ0n) is 13.7. The number of carbonyl (C=O) groups excluding carboxylic acids is 1. The second kappa shape index (κ2) is 6.99. The van der Waals surface area contributed by atoms with Gasteiger partial charge in [0.15, 0.2) is 0 Å².